The molecule has 0 spiro atoms. The first-order chi connectivity index (χ1) is 8.11. The fraction of sp³-hybridized carbons (Fsp3) is 0.143. The van der Waals surface area contributed by atoms with Gasteiger partial charge < -0.3 is 9.84 Å². The Morgan fingerprint density at radius 1 is 1.50 bits per heavy atom. The van der Waals surface area contributed by atoms with Crippen LogP contribution in [0.15, 0.2) is 6.07 Å². The van der Waals surface area contributed by atoms with Gasteiger partial charge in [-0.2, -0.15) is 9.37 Å². The molecule has 0 fully saturated rings. The minimum atomic E-state index is -5.23. The molecule has 7 nitrogen and oxygen atoms in total. The third-order valence-corrected chi connectivity index (χ3v) is 1.53. The molecular weight excluding hydrogens is 268 g/mol. The van der Waals surface area contributed by atoms with Crippen LogP contribution in [0.3, 0.4) is 0 Å². The summed E-state index contributed by atoms with van der Waals surface area (Å²) in [5.41, 5.74) is -3.03. The van der Waals surface area contributed by atoms with Gasteiger partial charge in [-0.25, -0.2) is 4.79 Å². The Bertz CT molecular complexity index is 515. The fourth-order valence-corrected chi connectivity index (χ4v) is 0.979. The lowest BCUT2D eigenvalue weighted by Crippen LogP contribution is -2.19. The predicted octanol–water partition coefficient (Wildman–Crippen LogP) is 1.73. The van der Waals surface area contributed by atoms with E-state index in [2.05, 4.69) is 9.72 Å². The van der Waals surface area contributed by atoms with Crippen LogP contribution in [-0.2, 0) is 0 Å². The Morgan fingerprint density at radius 3 is 2.44 bits per heavy atom. The van der Waals surface area contributed by atoms with Crippen LogP contribution in [0.4, 0.5) is 23.2 Å². The fourth-order valence-electron chi connectivity index (χ4n) is 0.979. The number of ether oxygens (including phenoxy) is 1. The molecule has 0 saturated heterocycles. The standard InChI is InChI=1S/C7H2F4N2O5/c8-2-1-3(18-7(9,10)11)12-4(6(14)15)5(2)13(16)17/h1H,(H,14,15). The Balaban J connectivity index is 3.37. The average Bonchev–Trinajstić information content (AvgIpc) is 2.12. The molecule has 98 valence electrons. The largest absolute Gasteiger partial charge is 0.574 e. The summed E-state index contributed by atoms with van der Waals surface area (Å²) in [6.45, 7) is 0. The number of carboxylic acids is 1. The summed E-state index contributed by atoms with van der Waals surface area (Å²) in [4.78, 5) is 22.2. The van der Waals surface area contributed by atoms with Crippen molar-refractivity contribution in [2.24, 2.45) is 0 Å². The lowest BCUT2D eigenvalue weighted by Gasteiger charge is -2.08. The van der Waals surface area contributed by atoms with Crippen molar-refractivity contribution in [3.8, 4) is 5.88 Å². The number of aromatic carboxylic acids is 1. The third kappa shape index (κ3) is 3.02. The monoisotopic (exact) mass is 270 g/mol. The molecule has 0 aliphatic heterocycles. The molecule has 0 unspecified atom stereocenters. The van der Waals surface area contributed by atoms with Gasteiger partial charge in [0.05, 0.1) is 4.92 Å². The van der Waals surface area contributed by atoms with Crippen LogP contribution in [0.25, 0.3) is 0 Å². The van der Waals surface area contributed by atoms with E-state index in [4.69, 9.17) is 5.11 Å². The summed E-state index contributed by atoms with van der Waals surface area (Å²) in [6, 6.07) is -0.0297. The quantitative estimate of drug-likeness (QED) is 0.509. The van der Waals surface area contributed by atoms with E-state index < -0.39 is 40.3 Å². The van der Waals surface area contributed by atoms with Crippen LogP contribution < -0.4 is 4.74 Å². The number of rotatable bonds is 3. The van der Waals surface area contributed by atoms with E-state index in [1.54, 1.807) is 0 Å². The molecular formula is C7H2F4N2O5. The number of halogens is 4. The number of hydrogen-bond donors (Lipinski definition) is 1. The van der Waals surface area contributed by atoms with Crippen molar-refractivity contribution in [2.75, 3.05) is 0 Å². The van der Waals surface area contributed by atoms with E-state index in [1.807, 2.05) is 0 Å². The third-order valence-electron chi connectivity index (χ3n) is 1.53. The number of aromatic nitrogens is 1. The summed E-state index contributed by atoms with van der Waals surface area (Å²) in [7, 11) is 0. The van der Waals surface area contributed by atoms with Gasteiger partial charge in [0.25, 0.3) is 0 Å². The van der Waals surface area contributed by atoms with Gasteiger partial charge in [0.2, 0.25) is 17.4 Å². The molecule has 0 bridgehead atoms. The molecule has 0 amide bonds. The van der Waals surface area contributed by atoms with Crippen LogP contribution in [0, 0.1) is 15.9 Å². The summed E-state index contributed by atoms with van der Waals surface area (Å²) >= 11 is 0. The van der Waals surface area contributed by atoms with Crippen LogP contribution >= 0.6 is 0 Å². The summed E-state index contributed by atoms with van der Waals surface area (Å²) in [5, 5.41) is 18.8. The molecule has 0 aromatic carbocycles. The molecule has 18 heavy (non-hydrogen) atoms. The molecule has 1 heterocycles. The Kier molecular flexibility index (Phi) is 3.35. The summed E-state index contributed by atoms with van der Waals surface area (Å²) < 4.78 is 51.7. The molecule has 11 heteroatoms. The molecule has 1 rings (SSSR count). The Morgan fingerprint density at radius 2 is 2.06 bits per heavy atom. The van der Waals surface area contributed by atoms with Crippen molar-refractivity contribution in [1.29, 1.82) is 0 Å². The van der Waals surface area contributed by atoms with E-state index >= 15 is 0 Å². The number of pyridine rings is 1. The number of hydrogen-bond acceptors (Lipinski definition) is 5. The highest BCUT2D eigenvalue weighted by molar-refractivity contribution is 5.90. The maximum atomic E-state index is 13.1. The average molecular weight is 270 g/mol. The van der Waals surface area contributed by atoms with Crippen LogP contribution in [0.5, 0.6) is 5.88 Å². The molecule has 1 aromatic rings. The van der Waals surface area contributed by atoms with Gasteiger partial charge in [-0.15, -0.1) is 13.2 Å². The zero-order chi connectivity index (χ0) is 14.1. The van der Waals surface area contributed by atoms with E-state index in [-0.39, 0.29) is 6.07 Å². The maximum absolute atomic E-state index is 13.1. The van der Waals surface area contributed by atoms with Gasteiger partial charge in [0.1, 0.15) is 0 Å². The number of carbonyl (C=O) groups is 1. The summed E-state index contributed by atoms with van der Waals surface area (Å²) in [6.07, 6.45) is -5.23. The number of carboxylic acid groups (broad SMARTS) is 1. The van der Waals surface area contributed by atoms with Gasteiger partial charge in [0, 0.05) is 6.07 Å². The normalized spacial score (nSPS) is 11.1. The minimum absolute atomic E-state index is 0.0297. The van der Waals surface area contributed by atoms with Gasteiger partial charge >= 0.3 is 18.0 Å². The highest BCUT2D eigenvalue weighted by Crippen LogP contribution is 2.28. The SMILES string of the molecule is O=C(O)c1nc(OC(F)(F)F)cc(F)c1[N+](=O)[O-]. The maximum Gasteiger partial charge on any atom is 0.574 e. The predicted molar refractivity (Wildman–Crippen MR) is 44.5 cm³/mol. The molecule has 1 aromatic heterocycles. The summed E-state index contributed by atoms with van der Waals surface area (Å²) in [5.74, 6) is -5.30. The molecule has 0 radical (unpaired) electrons. The van der Waals surface area contributed by atoms with Gasteiger partial charge in [-0.1, -0.05) is 0 Å². The van der Waals surface area contributed by atoms with Crippen molar-refractivity contribution < 1.29 is 37.1 Å². The second kappa shape index (κ2) is 4.43. The lowest BCUT2D eigenvalue weighted by atomic mass is 10.3. The molecule has 0 saturated carbocycles. The van der Waals surface area contributed by atoms with Gasteiger partial charge in [-0.05, 0) is 0 Å². The number of nitro groups is 1. The number of alkyl halides is 3. The Labute approximate surface area is 94.8 Å². The smallest absolute Gasteiger partial charge is 0.476 e. The molecule has 0 aliphatic rings. The molecule has 0 aliphatic carbocycles. The van der Waals surface area contributed by atoms with E-state index in [0.717, 1.165) is 0 Å². The molecule has 1 N–H and O–H groups in total. The van der Waals surface area contributed by atoms with Gasteiger partial charge in [-0.3, -0.25) is 10.1 Å². The zero-order valence-electron chi connectivity index (χ0n) is 8.06. The Hall–Kier alpha value is -2.46. The van der Waals surface area contributed by atoms with Crippen molar-refractivity contribution in [3.05, 3.63) is 27.7 Å². The first-order valence-electron chi connectivity index (χ1n) is 3.96. The topological polar surface area (TPSA) is 103 Å². The van der Waals surface area contributed by atoms with Crippen LogP contribution in [0.1, 0.15) is 10.5 Å². The van der Waals surface area contributed by atoms with E-state index in [1.165, 1.54) is 0 Å². The first-order valence-corrected chi connectivity index (χ1v) is 3.96. The van der Waals surface area contributed by atoms with Crippen molar-refractivity contribution >= 4 is 11.7 Å². The highest BCUT2D eigenvalue weighted by Gasteiger charge is 2.35. The number of nitrogens with zero attached hydrogens (tertiary/aromatic N) is 2. The van der Waals surface area contributed by atoms with Gasteiger partial charge in [0.15, 0.2) is 0 Å². The van der Waals surface area contributed by atoms with E-state index in [0.29, 0.717) is 0 Å². The molecule has 0 atom stereocenters. The first kappa shape index (κ1) is 13.6. The minimum Gasteiger partial charge on any atom is -0.476 e. The van der Waals surface area contributed by atoms with Crippen molar-refractivity contribution in [1.82, 2.24) is 4.98 Å². The van der Waals surface area contributed by atoms with Crippen LogP contribution in [-0.4, -0.2) is 27.3 Å². The van der Waals surface area contributed by atoms with Crippen LogP contribution in [0.2, 0.25) is 0 Å². The van der Waals surface area contributed by atoms with E-state index in [9.17, 15) is 32.5 Å². The second-order valence-corrected chi connectivity index (χ2v) is 2.75. The lowest BCUT2D eigenvalue weighted by molar-refractivity contribution is -0.388. The highest BCUT2D eigenvalue weighted by atomic mass is 19.4. The zero-order valence-corrected chi connectivity index (χ0v) is 8.06. The van der Waals surface area contributed by atoms with Crippen molar-refractivity contribution in [3.63, 3.8) is 0 Å². The van der Waals surface area contributed by atoms with Crippen molar-refractivity contribution in [2.45, 2.75) is 6.36 Å². The second-order valence-electron chi connectivity index (χ2n) is 2.75.